The molecule has 0 amide bonds. The van der Waals surface area contributed by atoms with Gasteiger partial charge in [0.1, 0.15) is 5.75 Å². The van der Waals surface area contributed by atoms with E-state index in [4.69, 9.17) is 4.74 Å². The molecule has 0 heterocycles. The van der Waals surface area contributed by atoms with Crippen LogP contribution in [-0.4, -0.2) is 24.7 Å². The number of rotatable bonds is 8. The Morgan fingerprint density at radius 1 is 1.33 bits per heavy atom. The molecule has 0 bridgehead atoms. The molecule has 0 spiro atoms. The molecule has 0 saturated carbocycles. The fraction of sp³-hybridized carbons (Fsp3) is 0.600. The van der Waals surface area contributed by atoms with E-state index >= 15 is 0 Å². The fourth-order valence-electron chi connectivity index (χ4n) is 1.76. The summed E-state index contributed by atoms with van der Waals surface area (Å²) in [6, 6.07) is 8.77. The number of hydrogen-bond acceptors (Lipinski definition) is 3. The maximum atomic E-state index is 5.30. The first kappa shape index (κ1) is 15.4. The Kier molecular flexibility index (Phi) is 7.21. The zero-order valence-electron chi connectivity index (χ0n) is 11.9. The van der Waals surface area contributed by atoms with Gasteiger partial charge in [0.05, 0.1) is 7.11 Å². The zero-order valence-corrected chi connectivity index (χ0v) is 12.7. The van der Waals surface area contributed by atoms with Crippen molar-refractivity contribution < 1.29 is 4.74 Å². The highest BCUT2D eigenvalue weighted by molar-refractivity contribution is 7.99. The van der Waals surface area contributed by atoms with E-state index < -0.39 is 0 Å². The molecule has 1 rings (SSSR count). The van der Waals surface area contributed by atoms with E-state index in [1.54, 1.807) is 7.11 Å². The number of hydrogen-bond donors (Lipinski definition) is 1. The van der Waals surface area contributed by atoms with Gasteiger partial charge < -0.3 is 10.1 Å². The molecule has 102 valence electrons. The number of thioether (sulfide) groups is 1. The van der Waals surface area contributed by atoms with Gasteiger partial charge in [0, 0.05) is 17.0 Å². The van der Waals surface area contributed by atoms with Crippen molar-refractivity contribution in [1.82, 2.24) is 5.32 Å². The minimum absolute atomic E-state index is 0.407. The highest BCUT2D eigenvalue weighted by Crippen LogP contribution is 2.25. The van der Waals surface area contributed by atoms with Gasteiger partial charge >= 0.3 is 0 Å². The van der Waals surface area contributed by atoms with E-state index in [0.29, 0.717) is 6.04 Å². The van der Waals surface area contributed by atoms with Crippen LogP contribution in [0.25, 0.3) is 0 Å². The summed E-state index contributed by atoms with van der Waals surface area (Å²) < 4.78 is 5.30. The van der Waals surface area contributed by atoms with Crippen LogP contribution in [-0.2, 0) is 0 Å². The lowest BCUT2D eigenvalue weighted by Gasteiger charge is -2.20. The van der Waals surface area contributed by atoms with Gasteiger partial charge in [-0.15, -0.1) is 0 Å². The molecule has 3 heteroatoms. The number of ether oxygens (including phenoxy) is 1. The summed E-state index contributed by atoms with van der Waals surface area (Å²) in [6.07, 6.45) is 1.22. The van der Waals surface area contributed by atoms with E-state index in [-0.39, 0.29) is 0 Å². The Labute approximate surface area is 116 Å². The summed E-state index contributed by atoms with van der Waals surface area (Å²) in [6.45, 7) is 7.68. The van der Waals surface area contributed by atoms with Crippen LogP contribution in [0.5, 0.6) is 5.75 Å². The van der Waals surface area contributed by atoms with Crippen LogP contribution in [0.4, 0.5) is 0 Å². The molecule has 18 heavy (non-hydrogen) atoms. The molecule has 0 aromatic heterocycles. The topological polar surface area (TPSA) is 21.3 Å². The molecule has 0 aliphatic carbocycles. The molecule has 1 aromatic rings. The molecule has 0 aliphatic rings. The second-order valence-electron chi connectivity index (χ2n) is 4.44. The molecular formula is C15H25NOS. The van der Waals surface area contributed by atoms with Crippen LogP contribution < -0.4 is 10.1 Å². The van der Waals surface area contributed by atoms with Crippen LogP contribution in [0.1, 0.15) is 38.8 Å². The van der Waals surface area contributed by atoms with Crippen LogP contribution >= 0.6 is 11.8 Å². The smallest absolute Gasteiger partial charge is 0.119 e. The summed E-state index contributed by atoms with van der Waals surface area (Å²) in [5.41, 5.74) is 1.31. The summed E-state index contributed by atoms with van der Waals surface area (Å²) in [4.78, 5) is 0. The molecule has 2 nitrogen and oxygen atoms in total. The largest absolute Gasteiger partial charge is 0.497 e. The number of benzene rings is 1. The van der Waals surface area contributed by atoms with Crippen molar-refractivity contribution in [3.8, 4) is 5.75 Å². The third-order valence-corrected chi connectivity index (χ3v) is 4.50. The first-order valence-corrected chi connectivity index (χ1v) is 7.75. The van der Waals surface area contributed by atoms with E-state index in [1.165, 1.54) is 12.0 Å². The van der Waals surface area contributed by atoms with Crippen LogP contribution in [0.15, 0.2) is 24.3 Å². The van der Waals surface area contributed by atoms with Gasteiger partial charge in [-0.05, 0) is 30.7 Å². The fourth-order valence-corrected chi connectivity index (χ4v) is 2.82. The van der Waals surface area contributed by atoms with Gasteiger partial charge in [0.2, 0.25) is 0 Å². The summed E-state index contributed by atoms with van der Waals surface area (Å²) >= 11 is 2.03. The van der Waals surface area contributed by atoms with E-state index in [9.17, 15) is 0 Å². The highest BCUT2D eigenvalue weighted by atomic mass is 32.2. The first-order valence-electron chi connectivity index (χ1n) is 6.70. The zero-order chi connectivity index (χ0) is 13.4. The van der Waals surface area contributed by atoms with Gasteiger partial charge in [-0.3, -0.25) is 0 Å². The van der Waals surface area contributed by atoms with Crippen LogP contribution in [0.3, 0.4) is 0 Å². The average Bonchev–Trinajstić information content (AvgIpc) is 2.43. The Balaban J connectivity index is 2.69. The summed E-state index contributed by atoms with van der Waals surface area (Å²) in [5.74, 6) is 2.04. The Hall–Kier alpha value is -0.670. The molecular weight excluding hydrogens is 242 g/mol. The van der Waals surface area contributed by atoms with Crippen molar-refractivity contribution in [1.29, 1.82) is 0 Å². The van der Waals surface area contributed by atoms with Crippen LogP contribution in [0.2, 0.25) is 0 Å². The average molecular weight is 267 g/mol. The quantitative estimate of drug-likeness (QED) is 0.772. The molecule has 0 aliphatic heterocycles. The molecule has 2 atom stereocenters. The molecule has 0 saturated heterocycles. The first-order chi connectivity index (χ1) is 8.71. The third kappa shape index (κ3) is 4.91. The lowest BCUT2D eigenvalue weighted by molar-refractivity contribution is 0.413. The maximum absolute atomic E-state index is 5.30. The molecule has 1 aromatic carbocycles. The summed E-state index contributed by atoms with van der Waals surface area (Å²) in [5, 5.41) is 4.27. The van der Waals surface area contributed by atoms with Gasteiger partial charge in [0.25, 0.3) is 0 Å². The minimum atomic E-state index is 0.407. The van der Waals surface area contributed by atoms with Gasteiger partial charge in [-0.2, -0.15) is 11.8 Å². The van der Waals surface area contributed by atoms with Gasteiger partial charge in [0.15, 0.2) is 0 Å². The predicted octanol–water partition coefficient (Wildman–Crippen LogP) is 3.88. The van der Waals surface area contributed by atoms with E-state index in [2.05, 4.69) is 44.3 Å². The summed E-state index contributed by atoms with van der Waals surface area (Å²) in [7, 11) is 1.72. The third-order valence-electron chi connectivity index (χ3n) is 3.07. The predicted molar refractivity (Wildman–Crippen MR) is 81.6 cm³/mol. The van der Waals surface area contributed by atoms with Crippen molar-refractivity contribution in [2.24, 2.45) is 0 Å². The molecule has 0 fully saturated rings. The van der Waals surface area contributed by atoms with Crippen molar-refractivity contribution in [3.63, 3.8) is 0 Å². The standard InChI is InChI=1S/C15H25NOS/c1-5-12(3)18-11-15(16-6-2)13-8-7-9-14(10-13)17-4/h7-10,12,15-16H,5-6,11H2,1-4H3. The second-order valence-corrected chi connectivity index (χ2v) is 5.91. The SMILES string of the molecule is CCNC(CSC(C)CC)c1cccc(OC)c1. The number of methoxy groups -OCH3 is 1. The van der Waals surface area contributed by atoms with Crippen molar-refractivity contribution in [2.45, 2.75) is 38.5 Å². The van der Waals surface area contributed by atoms with E-state index in [1.807, 2.05) is 17.8 Å². The maximum Gasteiger partial charge on any atom is 0.119 e. The van der Waals surface area contributed by atoms with Gasteiger partial charge in [-0.25, -0.2) is 0 Å². The van der Waals surface area contributed by atoms with Crippen molar-refractivity contribution in [3.05, 3.63) is 29.8 Å². The van der Waals surface area contributed by atoms with Crippen molar-refractivity contribution >= 4 is 11.8 Å². The lowest BCUT2D eigenvalue weighted by Crippen LogP contribution is -2.23. The second kappa shape index (κ2) is 8.44. The lowest BCUT2D eigenvalue weighted by atomic mass is 10.1. The van der Waals surface area contributed by atoms with Crippen LogP contribution in [0, 0.1) is 0 Å². The van der Waals surface area contributed by atoms with Gasteiger partial charge in [-0.1, -0.05) is 32.9 Å². The Morgan fingerprint density at radius 3 is 2.72 bits per heavy atom. The van der Waals surface area contributed by atoms with Crippen molar-refractivity contribution in [2.75, 3.05) is 19.4 Å². The Bertz CT molecular complexity index is 343. The molecule has 1 N–H and O–H groups in total. The minimum Gasteiger partial charge on any atom is -0.497 e. The molecule has 2 unspecified atom stereocenters. The molecule has 0 radical (unpaired) electrons. The monoisotopic (exact) mass is 267 g/mol. The number of nitrogens with one attached hydrogen (secondary N) is 1. The van der Waals surface area contributed by atoms with E-state index in [0.717, 1.165) is 23.3 Å². The normalized spacial score (nSPS) is 14.2. The Morgan fingerprint density at radius 2 is 2.11 bits per heavy atom. The highest BCUT2D eigenvalue weighted by Gasteiger charge is 2.12.